The van der Waals surface area contributed by atoms with Crippen molar-refractivity contribution in [3.05, 3.63) is 107 Å². The van der Waals surface area contributed by atoms with Crippen molar-refractivity contribution in [1.29, 1.82) is 0 Å². The maximum Gasteiger partial charge on any atom is 0.0463 e. The van der Waals surface area contributed by atoms with E-state index in [0.29, 0.717) is 0 Å². The Morgan fingerprint density at radius 2 is 0.657 bits per heavy atom. The maximum absolute atomic E-state index is 3.78. The second-order valence-corrected chi connectivity index (χ2v) is 11.6. The average molecular weight is 463 g/mol. The van der Waals surface area contributed by atoms with Gasteiger partial charge in [0.2, 0.25) is 0 Å². The summed E-state index contributed by atoms with van der Waals surface area (Å²) >= 11 is 0. The van der Waals surface area contributed by atoms with Crippen LogP contribution in [0.15, 0.2) is 72.8 Å². The van der Waals surface area contributed by atoms with Gasteiger partial charge in [-0.1, -0.05) is 24.3 Å². The van der Waals surface area contributed by atoms with E-state index in [1.807, 2.05) is 0 Å². The topological polar surface area (TPSA) is 63.2 Å². The molecule has 4 nitrogen and oxygen atoms in total. The molecule has 1 aromatic carbocycles. The van der Waals surface area contributed by atoms with Gasteiger partial charge in [0.05, 0.1) is 0 Å². The van der Waals surface area contributed by atoms with Crippen LogP contribution < -0.4 is 0 Å². The number of hydrogen-bond acceptors (Lipinski definition) is 0. The normalized spacial score (nSPS) is 17.5. The highest BCUT2D eigenvalue weighted by atomic mass is 14.9. The van der Waals surface area contributed by atoms with Crippen molar-refractivity contribution < 1.29 is 0 Å². The summed E-state index contributed by atoms with van der Waals surface area (Å²) in [4.78, 5) is 15.1. The van der Waals surface area contributed by atoms with Crippen LogP contribution in [0.4, 0.5) is 0 Å². The smallest absolute Gasteiger partial charge is 0.0463 e. The fourth-order valence-electron chi connectivity index (χ4n) is 5.47. The molecule has 0 aliphatic carbocycles. The first-order chi connectivity index (χ1) is 16.6. The van der Waals surface area contributed by atoms with Gasteiger partial charge in [0, 0.05) is 72.9 Å². The summed E-state index contributed by atoms with van der Waals surface area (Å²) in [6.45, 7) is 13.7. The van der Waals surface area contributed by atoms with Gasteiger partial charge in [-0.15, -0.1) is 0 Å². The first-order valence-corrected chi connectivity index (χ1v) is 12.5. The summed E-state index contributed by atoms with van der Waals surface area (Å²) in [5.41, 5.74) is 11.3. The molecular formula is C31H34N4. The Bertz CT molecular complexity index is 1420. The summed E-state index contributed by atoms with van der Waals surface area (Å²) in [7, 11) is 0. The number of hydrogen-bond donors (Lipinski definition) is 4. The zero-order valence-corrected chi connectivity index (χ0v) is 21.4. The standard InChI is InChI=1S/C31H34N4/c1-29(2)23-13-11-21(32-23)19-9-7-8-10-20(19)22-12-14-24(33-22)30(3,4)26-16-18-28(35-26)31(5,6)27-17-15-25(29)34-27/h7-18,32-35H,1-6H3. The molecule has 1 aliphatic rings. The summed E-state index contributed by atoms with van der Waals surface area (Å²) in [6.07, 6.45) is 0. The van der Waals surface area contributed by atoms with Gasteiger partial charge >= 0.3 is 0 Å². The monoisotopic (exact) mass is 462 g/mol. The van der Waals surface area contributed by atoms with E-state index in [1.165, 1.54) is 45.3 Å². The summed E-state index contributed by atoms with van der Waals surface area (Å²) in [5.74, 6) is 0. The molecule has 4 N–H and O–H groups in total. The Hall–Kier alpha value is -3.66. The van der Waals surface area contributed by atoms with E-state index >= 15 is 0 Å². The molecule has 5 aromatic rings. The van der Waals surface area contributed by atoms with Crippen LogP contribution in [0.3, 0.4) is 0 Å². The number of H-pyrrole nitrogens is 4. The average Bonchev–Trinajstić information content (AvgIpc) is 3.64. The van der Waals surface area contributed by atoms with Crippen LogP contribution in [0.5, 0.6) is 0 Å². The molecule has 4 aromatic heterocycles. The molecule has 6 rings (SSSR count). The Labute approximate surface area is 207 Å². The molecule has 1 aliphatic heterocycles. The Balaban J connectivity index is 1.61. The third kappa shape index (κ3) is 3.19. The number of nitrogens with one attached hydrogen (secondary N) is 4. The minimum atomic E-state index is -0.196. The van der Waals surface area contributed by atoms with Crippen molar-refractivity contribution in [1.82, 2.24) is 19.9 Å². The number of fused-ring (bicyclic) bond motifs is 11. The molecule has 4 heteroatoms. The summed E-state index contributed by atoms with van der Waals surface area (Å²) in [6, 6.07) is 26.4. The molecule has 0 spiro atoms. The molecule has 0 atom stereocenters. The molecule has 0 radical (unpaired) electrons. The van der Waals surface area contributed by atoms with E-state index in [4.69, 9.17) is 0 Å². The van der Waals surface area contributed by atoms with Crippen LogP contribution >= 0.6 is 0 Å². The largest absolute Gasteiger partial charge is 0.361 e. The van der Waals surface area contributed by atoms with Crippen molar-refractivity contribution in [3.63, 3.8) is 0 Å². The van der Waals surface area contributed by atoms with Gasteiger partial charge in [0.25, 0.3) is 0 Å². The van der Waals surface area contributed by atoms with E-state index in [2.05, 4.69) is 134 Å². The molecule has 0 fully saturated rings. The second kappa shape index (κ2) is 7.17. The van der Waals surface area contributed by atoms with E-state index in [0.717, 1.165) is 11.4 Å². The van der Waals surface area contributed by atoms with Crippen molar-refractivity contribution >= 4 is 0 Å². The van der Waals surface area contributed by atoms with Crippen LogP contribution in [0, 0.1) is 0 Å². The molecule has 8 bridgehead atoms. The summed E-state index contributed by atoms with van der Waals surface area (Å²) < 4.78 is 0. The molecule has 0 amide bonds. The molecular weight excluding hydrogens is 428 g/mol. The lowest BCUT2D eigenvalue weighted by Crippen LogP contribution is -2.24. The molecule has 0 saturated heterocycles. The number of aromatic amines is 4. The highest BCUT2D eigenvalue weighted by molar-refractivity contribution is 5.81. The third-order valence-corrected chi connectivity index (χ3v) is 8.29. The number of aromatic nitrogens is 4. The highest BCUT2D eigenvalue weighted by Gasteiger charge is 2.33. The molecule has 0 saturated carbocycles. The summed E-state index contributed by atoms with van der Waals surface area (Å²) in [5, 5.41) is 0. The number of benzene rings is 1. The van der Waals surface area contributed by atoms with Crippen LogP contribution in [0.2, 0.25) is 0 Å². The Kier molecular flexibility index (Phi) is 4.48. The Morgan fingerprint density at radius 3 is 1.00 bits per heavy atom. The van der Waals surface area contributed by atoms with Crippen molar-refractivity contribution in [2.24, 2.45) is 0 Å². The van der Waals surface area contributed by atoms with Crippen molar-refractivity contribution in [2.75, 3.05) is 0 Å². The first-order valence-electron chi connectivity index (χ1n) is 12.5. The predicted molar refractivity (Wildman–Crippen MR) is 144 cm³/mol. The fourth-order valence-corrected chi connectivity index (χ4v) is 5.47. The van der Waals surface area contributed by atoms with Gasteiger partial charge in [-0.05, 0) is 90.1 Å². The molecule has 178 valence electrons. The molecule has 5 heterocycles. The molecule has 0 unspecified atom stereocenters. The van der Waals surface area contributed by atoms with Gasteiger partial charge < -0.3 is 19.9 Å². The lowest BCUT2D eigenvalue weighted by atomic mass is 9.85. The zero-order chi connectivity index (χ0) is 24.6. The SMILES string of the molecule is CC1(C)c2ccc([nH]2)-c2ccccc2-c2ccc([nH]2)C(C)(C)c2ccc([nH]2)C(C)(C)c2ccc1[nH]2. The minimum Gasteiger partial charge on any atom is -0.361 e. The third-order valence-electron chi connectivity index (χ3n) is 8.29. The first kappa shape index (κ1) is 21.8. The number of rotatable bonds is 0. The van der Waals surface area contributed by atoms with Crippen molar-refractivity contribution in [3.8, 4) is 22.5 Å². The highest BCUT2D eigenvalue weighted by Crippen LogP contribution is 2.40. The predicted octanol–water partition coefficient (Wildman–Crippen LogP) is 7.62. The Morgan fingerprint density at radius 1 is 0.371 bits per heavy atom. The quantitative estimate of drug-likeness (QED) is 0.183. The lowest BCUT2D eigenvalue weighted by molar-refractivity contribution is 0.562. The van der Waals surface area contributed by atoms with Crippen LogP contribution in [-0.2, 0) is 16.2 Å². The van der Waals surface area contributed by atoms with E-state index in [9.17, 15) is 0 Å². The second-order valence-electron chi connectivity index (χ2n) is 11.6. The van der Waals surface area contributed by atoms with E-state index in [1.54, 1.807) is 0 Å². The van der Waals surface area contributed by atoms with Gasteiger partial charge in [-0.25, -0.2) is 0 Å². The van der Waals surface area contributed by atoms with Gasteiger partial charge in [-0.3, -0.25) is 0 Å². The van der Waals surface area contributed by atoms with Crippen LogP contribution in [-0.4, -0.2) is 19.9 Å². The minimum absolute atomic E-state index is 0.186. The van der Waals surface area contributed by atoms with Crippen molar-refractivity contribution in [2.45, 2.75) is 57.8 Å². The zero-order valence-electron chi connectivity index (χ0n) is 21.4. The van der Waals surface area contributed by atoms with Crippen LogP contribution in [0.25, 0.3) is 22.5 Å². The van der Waals surface area contributed by atoms with Gasteiger partial charge in [0.1, 0.15) is 0 Å². The van der Waals surface area contributed by atoms with E-state index < -0.39 is 0 Å². The molecule has 35 heavy (non-hydrogen) atoms. The fraction of sp³-hybridized carbons (Fsp3) is 0.290. The maximum atomic E-state index is 3.78. The van der Waals surface area contributed by atoms with E-state index in [-0.39, 0.29) is 16.2 Å². The van der Waals surface area contributed by atoms with Crippen LogP contribution in [0.1, 0.15) is 75.7 Å². The lowest BCUT2D eigenvalue weighted by Gasteiger charge is -2.26. The van der Waals surface area contributed by atoms with Gasteiger partial charge in [-0.2, -0.15) is 0 Å². The van der Waals surface area contributed by atoms with Gasteiger partial charge in [0.15, 0.2) is 0 Å².